The number of halogens is 2. The zero-order valence-electron chi connectivity index (χ0n) is 14.1. The summed E-state index contributed by atoms with van der Waals surface area (Å²) in [6.45, 7) is 0. The number of tetrazole rings is 1. The number of rotatable bonds is 3. The Morgan fingerprint density at radius 1 is 0.893 bits per heavy atom. The second-order valence-electron chi connectivity index (χ2n) is 5.95. The molecule has 0 amide bonds. The molecule has 136 valence electrons. The summed E-state index contributed by atoms with van der Waals surface area (Å²) >= 11 is 1.44. The Morgan fingerprint density at radius 2 is 1.75 bits per heavy atom. The lowest BCUT2D eigenvalue weighted by Crippen LogP contribution is -2.03. The molecule has 0 spiro atoms. The van der Waals surface area contributed by atoms with Gasteiger partial charge in [-0.15, -0.1) is 26.3 Å². The van der Waals surface area contributed by atoms with Gasteiger partial charge in [0.2, 0.25) is 5.82 Å². The van der Waals surface area contributed by atoms with E-state index in [1.54, 1.807) is 24.3 Å². The van der Waals surface area contributed by atoms with E-state index in [0.717, 1.165) is 21.3 Å². The number of hydrogen-bond donors (Lipinski definition) is 0. The molecule has 9 heteroatoms. The summed E-state index contributed by atoms with van der Waals surface area (Å²) in [6.07, 6.45) is 1.42. The summed E-state index contributed by atoms with van der Waals surface area (Å²) in [5.74, 6) is 0.0395. The van der Waals surface area contributed by atoms with Crippen molar-refractivity contribution in [3.8, 4) is 28.3 Å². The first-order valence-electron chi connectivity index (χ1n) is 8.23. The number of fused-ring (bicyclic) bond motifs is 1. The molecule has 5 aromatic rings. The molecule has 0 N–H and O–H groups in total. The molecule has 2 aromatic carbocycles. The van der Waals surface area contributed by atoms with E-state index in [1.807, 2.05) is 5.38 Å². The molecule has 0 saturated carbocycles. The van der Waals surface area contributed by atoms with E-state index in [0.29, 0.717) is 11.4 Å². The Kier molecular flexibility index (Phi) is 3.87. The van der Waals surface area contributed by atoms with Crippen LogP contribution in [0.15, 0.2) is 60.2 Å². The van der Waals surface area contributed by atoms with Crippen LogP contribution in [0.4, 0.5) is 8.78 Å². The second-order valence-corrected chi connectivity index (χ2v) is 6.80. The van der Waals surface area contributed by atoms with Crippen molar-refractivity contribution in [2.75, 3.05) is 0 Å². The van der Waals surface area contributed by atoms with Gasteiger partial charge in [0.15, 0.2) is 5.82 Å². The lowest BCUT2D eigenvalue weighted by molar-refractivity contribution is 0.627. The first kappa shape index (κ1) is 16.6. The minimum Gasteiger partial charge on any atom is -0.225 e. The SMILES string of the molecule is Fc1ccc(-c2csc3ncnc(-n4nnc(-c5cccc(F)c5)n4)c23)cc1. The van der Waals surface area contributed by atoms with Crippen molar-refractivity contribution in [3.05, 3.63) is 71.9 Å². The predicted octanol–water partition coefficient (Wildman–Crippen LogP) is 4.28. The van der Waals surface area contributed by atoms with Crippen LogP contribution >= 0.6 is 11.3 Å². The molecule has 0 aliphatic carbocycles. The fraction of sp³-hybridized carbons (Fsp3) is 0. The molecule has 3 heterocycles. The van der Waals surface area contributed by atoms with Crippen LogP contribution < -0.4 is 0 Å². The fourth-order valence-corrected chi connectivity index (χ4v) is 3.81. The van der Waals surface area contributed by atoms with Gasteiger partial charge in [-0.05, 0) is 35.0 Å². The first-order valence-corrected chi connectivity index (χ1v) is 9.11. The molecule has 6 nitrogen and oxygen atoms in total. The Morgan fingerprint density at radius 3 is 2.57 bits per heavy atom. The number of nitrogens with zero attached hydrogens (tertiary/aromatic N) is 6. The molecule has 0 unspecified atom stereocenters. The molecule has 0 aliphatic heterocycles. The van der Waals surface area contributed by atoms with Gasteiger partial charge in [-0.1, -0.05) is 24.3 Å². The van der Waals surface area contributed by atoms with Gasteiger partial charge in [0, 0.05) is 16.5 Å². The highest BCUT2D eigenvalue weighted by Gasteiger charge is 2.17. The topological polar surface area (TPSA) is 69.4 Å². The van der Waals surface area contributed by atoms with Crippen LogP contribution in [-0.4, -0.2) is 30.2 Å². The summed E-state index contributed by atoms with van der Waals surface area (Å²) in [7, 11) is 0. The third-order valence-electron chi connectivity index (χ3n) is 4.19. The van der Waals surface area contributed by atoms with E-state index >= 15 is 0 Å². The molecule has 5 rings (SSSR count). The molecular formula is C19H10F2N6S. The standard InChI is InChI=1S/C19H10F2N6S/c20-13-6-4-11(5-7-13)15-9-28-19-16(15)18(22-10-23-19)27-25-17(24-26-27)12-2-1-3-14(21)8-12/h1-10H. The number of thiophene rings is 1. The second kappa shape index (κ2) is 6.54. The smallest absolute Gasteiger partial charge is 0.205 e. The Bertz CT molecular complexity index is 1300. The van der Waals surface area contributed by atoms with E-state index in [2.05, 4.69) is 25.4 Å². The summed E-state index contributed by atoms with van der Waals surface area (Å²) in [5.41, 5.74) is 2.19. The highest BCUT2D eigenvalue weighted by atomic mass is 32.1. The maximum Gasteiger partial charge on any atom is 0.205 e. The summed E-state index contributed by atoms with van der Waals surface area (Å²) in [6, 6.07) is 12.2. The minimum atomic E-state index is -0.380. The van der Waals surface area contributed by atoms with Gasteiger partial charge in [-0.25, -0.2) is 18.7 Å². The van der Waals surface area contributed by atoms with Gasteiger partial charge >= 0.3 is 0 Å². The molecule has 0 radical (unpaired) electrons. The van der Waals surface area contributed by atoms with E-state index in [4.69, 9.17) is 0 Å². The molecule has 0 aliphatic rings. The monoisotopic (exact) mass is 392 g/mol. The van der Waals surface area contributed by atoms with E-state index < -0.39 is 0 Å². The van der Waals surface area contributed by atoms with Crippen molar-refractivity contribution in [2.24, 2.45) is 0 Å². The van der Waals surface area contributed by atoms with Gasteiger partial charge in [0.1, 0.15) is 22.8 Å². The summed E-state index contributed by atoms with van der Waals surface area (Å²) in [5, 5.41) is 15.1. The van der Waals surface area contributed by atoms with Crippen molar-refractivity contribution >= 4 is 21.6 Å². The van der Waals surface area contributed by atoms with Crippen LogP contribution in [0.25, 0.3) is 38.5 Å². The predicted molar refractivity (Wildman–Crippen MR) is 101 cm³/mol. The first-order chi connectivity index (χ1) is 13.7. The molecule has 28 heavy (non-hydrogen) atoms. The maximum absolute atomic E-state index is 13.5. The fourth-order valence-electron chi connectivity index (χ4n) is 2.90. The number of benzene rings is 2. The molecule has 0 bridgehead atoms. The van der Waals surface area contributed by atoms with Crippen molar-refractivity contribution in [2.45, 2.75) is 0 Å². The third-order valence-corrected chi connectivity index (χ3v) is 5.08. The molecule has 0 atom stereocenters. The Balaban J connectivity index is 1.66. The Hall–Kier alpha value is -3.59. The van der Waals surface area contributed by atoms with Crippen LogP contribution in [0.1, 0.15) is 0 Å². The quantitative estimate of drug-likeness (QED) is 0.458. The largest absolute Gasteiger partial charge is 0.225 e. The number of aromatic nitrogens is 6. The Labute approximate surface area is 161 Å². The van der Waals surface area contributed by atoms with Crippen molar-refractivity contribution in [1.29, 1.82) is 0 Å². The highest BCUT2D eigenvalue weighted by Crippen LogP contribution is 2.35. The molecular weight excluding hydrogens is 382 g/mol. The number of hydrogen-bond acceptors (Lipinski definition) is 6. The summed E-state index contributed by atoms with van der Waals surface area (Å²) in [4.78, 5) is 10.7. The lowest BCUT2D eigenvalue weighted by atomic mass is 10.1. The van der Waals surface area contributed by atoms with E-state index in [1.165, 1.54) is 46.7 Å². The maximum atomic E-state index is 13.5. The molecule has 3 aromatic heterocycles. The van der Waals surface area contributed by atoms with Crippen molar-refractivity contribution in [3.63, 3.8) is 0 Å². The lowest BCUT2D eigenvalue weighted by Gasteiger charge is -2.04. The zero-order chi connectivity index (χ0) is 19.1. The van der Waals surface area contributed by atoms with Crippen LogP contribution in [0.3, 0.4) is 0 Å². The minimum absolute atomic E-state index is 0.282. The van der Waals surface area contributed by atoms with Crippen LogP contribution in [0.5, 0.6) is 0 Å². The average molecular weight is 392 g/mol. The van der Waals surface area contributed by atoms with Gasteiger partial charge < -0.3 is 0 Å². The van der Waals surface area contributed by atoms with Crippen LogP contribution in [0, 0.1) is 11.6 Å². The average Bonchev–Trinajstić information content (AvgIpc) is 3.36. The van der Waals surface area contributed by atoms with Gasteiger partial charge in [-0.3, -0.25) is 0 Å². The van der Waals surface area contributed by atoms with Gasteiger partial charge in [-0.2, -0.15) is 0 Å². The van der Waals surface area contributed by atoms with E-state index in [9.17, 15) is 8.78 Å². The molecule has 0 fully saturated rings. The normalized spacial score (nSPS) is 11.2. The highest BCUT2D eigenvalue weighted by molar-refractivity contribution is 7.17. The van der Waals surface area contributed by atoms with Crippen LogP contribution in [0.2, 0.25) is 0 Å². The molecule has 0 saturated heterocycles. The van der Waals surface area contributed by atoms with Crippen LogP contribution in [-0.2, 0) is 0 Å². The van der Waals surface area contributed by atoms with Crippen molar-refractivity contribution < 1.29 is 8.78 Å². The van der Waals surface area contributed by atoms with E-state index in [-0.39, 0.29) is 17.5 Å². The van der Waals surface area contributed by atoms with Crippen molar-refractivity contribution in [1.82, 2.24) is 30.2 Å². The zero-order valence-corrected chi connectivity index (χ0v) is 14.9. The third kappa shape index (κ3) is 2.81. The van der Waals surface area contributed by atoms with Gasteiger partial charge in [0.05, 0.1) is 5.39 Å². The van der Waals surface area contributed by atoms with Gasteiger partial charge in [0.25, 0.3) is 0 Å². The summed E-state index contributed by atoms with van der Waals surface area (Å²) < 4.78 is 26.8.